The lowest BCUT2D eigenvalue weighted by Gasteiger charge is -2.34. The van der Waals surface area contributed by atoms with Crippen LogP contribution in [0.4, 0.5) is 11.4 Å². The molecule has 52 heavy (non-hydrogen) atoms. The normalized spacial score (nSPS) is 16.3. The van der Waals surface area contributed by atoms with Gasteiger partial charge in [-0.3, -0.25) is 0 Å². The molecule has 4 heteroatoms. The average Bonchev–Trinajstić information content (AvgIpc) is 3.91. The van der Waals surface area contributed by atoms with Gasteiger partial charge < -0.3 is 14.1 Å². The SMILES string of the molecule is C1=CC2c3ccccc3OC2C(N(c2ccc3oc4c(-c5ccccc5)cccc4c3c2)c2ccc(-c3ccccc3)c3sc4ccccc4c23)=C1. The molecule has 2 aromatic heterocycles. The zero-order valence-corrected chi connectivity index (χ0v) is 28.9. The fourth-order valence-electron chi connectivity index (χ4n) is 8.30. The van der Waals surface area contributed by atoms with Crippen LogP contribution in [0.5, 0.6) is 5.75 Å². The van der Waals surface area contributed by atoms with E-state index >= 15 is 0 Å². The topological polar surface area (TPSA) is 25.6 Å². The summed E-state index contributed by atoms with van der Waals surface area (Å²) in [5, 5.41) is 4.68. The first kappa shape index (κ1) is 29.4. The van der Waals surface area contributed by atoms with E-state index in [0.717, 1.165) is 55.9 Å². The van der Waals surface area contributed by atoms with Crippen molar-refractivity contribution in [1.82, 2.24) is 0 Å². The van der Waals surface area contributed by atoms with Crippen LogP contribution in [0, 0.1) is 0 Å². The molecule has 0 radical (unpaired) electrons. The van der Waals surface area contributed by atoms with Crippen molar-refractivity contribution in [2.75, 3.05) is 4.90 Å². The summed E-state index contributed by atoms with van der Waals surface area (Å²) in [4.78, 5) is 2.45. The Bertz CT molecular complexity index is 2900. The fraction of sp³-hybridized carbons (Fsp3) is 0.0417. The third-order valence-electron chi connectivity index (χ3n) is 10.6. The summed E-state index contributed by atoms with van der Waals surface area (Å²) in [5.41, 5.74) is 11.0. The second kappa shape index (κ2) is 11.6. The Hall–Kier alpha value is -6.36. The van der Waals surface area contributed by atoms with Crippen molar-refractivity contribution >= 4 is 64.8 Å². The predicted octanol–water partition coefficient (Wildman–Crippen LogP) is 13.4. The number of rotatable bonds is 5. The first-order valence-corrected chi connectivity index (χ1v) is 18.6. The van der Waals surface area contributed by atoms with Gasteiger partial charge in [0.15, 0.2) is 0 Å². The number of thiophene rings is 1. The Morgan fingerprint density at radius 2 is 1.35 bits per heavy atom. The number of hydrogen-bond donors (Lipinski definition) is 0. The third kappa shape index (κ3) is 4.44. The summed E-state index contributed by atoms with van der Waals surface area (Å²) >= 11 is 1.86. The first-order valence-electron chi connectivity index (χ1n) is 17.7. The van der Waals surface area contributed by atoms with E-state index < -0.39 is 0 Å². The molecule has 1 aliphatic carbocycles. The average molecular weight is 686 g/mol. The lowest BCUT2D eigenvalue weighted by atomic mass is 9.89. The number of fused-ring (bicyclic) bond motifs is 9. The highest BCUT2D eigenvalue weighted by molar-refractivity contribution is 7.26. The number of benzene rings is 7. The molecule has 0 spiro atoms. The quantitative estimate of drug-likeness (QED) is 0.180. The third-order valence-corrected chi connectivity index (χ3v) is 11.9. The van der Waals surface area contributed by atoms with E-state index in [-0.39, 0.29) is 12.0 Å². The summed E-state index contributed by atoms with van der Waals surface area (Å²) in [6.45, 7) is 0. The van der Waals surface area contributed by atoms with Crippen molar-refractivity contribution in [3.05, 3.63) is 187 Å². The highest BCUT2D eigenvalue weighted by Gasteiger charge is 2.40. The molecule has 3 heterocycles. The standard InChI is InChI=1S/C48H31NO2S/c1-3-13-30(14-4-1)33-19-11-20-37-39-29-32(25-28-43(39)50-46(33)37)49(41-22-12-21-36-35-17-7-9-23-42(35)51-47(36)41)40-27-26-34(31-15-5-2-6-16-31)48-45(40)38-18-8-10-24-44(38)52-48/h1-29,36,47H. The fourth-order valence-corrected chi connectivity index (χ4v) is 9.55. The van der Waals surface area contributed by atoms with Gasteiger partial charge >= 0.3 is 0 Å². The number of nitrogens with zero attached hydrogens (tertiary/aromatic N) is 1. The van der Waals surface area contributed by atoms with Crippen molar-refractivity contribution < 1.29 is 9.15 Å². The van der Waals surface area contributed by atoms with Gasteiger partial charge in [-0.15, -0.1) is 11.3 Å². The Morgan fingerprint density at radius 3 is 2.21 bits per heavy atom. The van der Waals surface area contributed by atoms with Gasteiger partial charge in [0.1, 0.15) is 23.0 Å². The molecule has 3 nitrogen and oxygen atoms in total. The van der Waals surface area contributed by atoms with E-state index in [1.165, 1.54) is 36.9 Å². The Balaban J connectivity index is 1.17. The van der Waals surface area contributed by atoms with E-state index in [1.807, 2.05) is 11.3 Å². The minimum Gasteiger partial charge on any atom is -0.483 e. The molecular weight excluding hydrogens is 655 g/mol. The minimum absolute atomic E-state index is 0.115. The maximum Gasteiger partial charge on any atom is 0.149 e. The Morgan fingerprint density at radius 1 is 0.596 bits per heavy atom. The zero-order chi connectivity index (χ0) is 34.2. The molecule has 9 aromatic rings. The summed E-state index contributed by atoms with van der Waals surface area (Å²) in [5.74, 6) is 1.06. The van der Waals surface area contributed by atoms with Crippen LogP contribution in [0.25, 0.3) is 64.4 Å². The molecule has 11 rings (SSSR count). The van der Waals surface area contributed by atoms with E-state index in [1.54, 1.807) is 0 Å². The van der Waals surface area contributed by atoms with E-state index in [0.29, 0.717) is 0 Å². The number of allylic oxidation sites excluding steroid dienone is 2. The van der Waals surface area contributed by atoms with Gasteiger partial charge in [0.2, 0.25) is 0 Å². The summed E-state index contributed by atoms with van der Waals surface area (Å²) < 4.78 is 16.0. The number of furan rings is 1. The first-order chi connectivity index (χ1) is 25.8. The van der Waals surface area contributed by atoms with Crippen molar-refractivity contribution in [2.45, 2.75) is 12.0 Å². The Labute approximate surface area is 304 Å². The molecule has 7 aromatic carbocycles. The molecule has 0 saturated heterocycles. The largest absolute Gasteiger partial charge is 0.483 e. The molecule has 2 unspecified atom stereocenters. The van der Waals surface area contributed by atoms with Gasteiger partial charge in [0, 0.05) is 53.7 Å². The Kier molecular flexibility index (Phi) is 6.55. The highest BCUT2D eigenvalue weighted by atomic mass is 32.1. The molecular formula is C48H31NO2S. The zero-order valence-electron chi connectivity index (χ0n) is 28.1. The van der Waals surface area contributed by atoms with Gasteiger partial charge in [0.25, 0.3) is 0 Å². The van der Waals surface area contributed by atoms with E-state index in [2.05, 4.69) is 181 Å². The number of para-hydroxylation sites is 2. The van der Waals surface area contributed by atoms with Gasteiger partial charge in [-0.2, -0.15) is 0 Å². The molecule has 0 bridgehead atoms. The predicted molar refractivity (Wildman–Crippen MR) is 217 cm³/mol. The monoisotopic (exact) mass is 685 g/mol. The van der Waals surface area contributed by atoms with Crippen LogP contribution in [0.3, 0.4) is 0 Å². The van der Waals surface area contributed by atoms with Crippen LogP contribution in [0.2, 0.25) is 0 Å². The van der Waals surface area contributed by atoms with Crippen LogP contribution in [-0.2, 0) is 0 Å². The molecule has 1 aliphatic heterocycles. The smallest absolute Gasteiger partial charge is 0.149 e. The molecule has 0 fully saturated rings. The van der Waals surface area contributed by atoms with Crippen molar-refractivity contribution in [2.24, 2.45) is 0 Å². The molecule has 2 aliphatic rings. The molecule has 0 saturated carbocycles. The van der Waals surface area contributed by atoms with Crippen LogP contribution in [-0.4, -0.2) is 6.10 Å². The highest BCUT2D eigenvalue weighted by Crippen LogP contribution is 2.51. The number of anilines is 2. The summed E-state index contributed by atoms with van der Waals surface area (Å²) in [7, 11) is 0. The molecule has 0 N–H and O–H groups in total. The molecule has 0 amide bonds. The van der Waals surface area contributed by atoms with Gasteiger partial charge in [-0.25, -0.2) is 0 Å². The summed E-state index contributed by atoms with van der Waals surface area (Å²) in [6, 6.07) is 56.2. The van der Waals surface area contributed by atoms with Crippen molar-refractivity contribution in [3.8, 4) is 28.0 Å². The summed E-state index contributed by atoms with van der Waals surface area (Å²) in [6.07, 6.45) is 6.54. The van der Waals surface area contributed by atoms with Crippen LogP contribution < -0.4 is 9.64 Å². The minimum atomic E-state index is -0.183. The second-order valence-corrected chi connectivity index (χ2v) is 14.6. The lowest BCUT2D eigenvalue weighted by Crippen LogP contribution is -2.32. The van der Waals surface area contributed by atoms with E-state index in [9.17, 15) is 0 Å². The molecule has 2 atom stereocenters. The van der Waals surface area contributed by atoms with Crippen LogP contribution in [0.1, 0.15) is 11.5 Å². The van der Waals surface area contributed by atoms with Gasteiger partial charge in [0.05, 0.1) is 11.4 Å². The maximum absolute atomic E-state index is 6.85. The van der Waals surface area contributed by atoms with Crippen LogP contribution in [0.15, 0.2) is 186 Å². The second-order valence-electron chi connectivity index (χ2n) is 13.5. The van der Waals surface area contributed by atoms with Crippen molar-refractivity contribution in [3.63, 3.8) is 0 Å². The van der Waals surface area contributed by atoms with E-state index in [4.69, 9.17) is 9.15 Å². The van der Waals surface area contributed by atoms with Gasteiger partial charge in [-0.1, -0.05) is 133 Å². The van der Waals surface area contributed by atoms with Crippen LogP contribution >= 0.6 is 11.3 Å². The number of hydrogen-bond acceptors (Lipinski definition) is 4. The lowest BCUT2D eigenvalue weighted by molar-refractivity contribution is 0.253. The van der Waals surface area contributed by atoms with Gasteiger partial charge in [-0.05, 0) is 59.2 Å². The maximum atomic E-state index is 6.85. The molecule has 246 valence electrons. The number of ether oxygens (including phenoxy) is 1. The van der Waals surface area contributed by atoms with Crippen molar-refractivity contribution in [1.29, 1.82) is 0 Å².